The summed E-state index contributed by atoms with van der Waals surface area (Å²) in [5.74, 6) is 0. The maximum atomic E-state index is 12.3. The lowest BCUT2D eigenvalue weighted by atomic mass is 10.0. The van der Waals surface area contributed by atoms with Crippen molar-refractivity contribution in [3.8, 4) is 0 Å². The zero-order chi connectivity index (χ0) is 18.8. The number of aryl methyl sites for hydroxylation is 3. The minimum atomic E-state index is -4.00. The summed E-state index contributed by atoms with van der Waals surface area (Å²) in [5, 5.41) is 14.9. The molecule has 8 heteroatoms. The van der Waals surface area contributed by atoms with Crippen molar-refractivity contribution in [2.75, 3.05) is 0 Å². The second-order valence-corrected chi connectivity index (χ2v) is 7.46. The Balaban J connectivity index is 2.30. The van der Waals surface area contributed by atoms with Gasteiger partial charge in [-0.1, -0.05) is 18.2 Å². The molecule has 2 aromatic carbocycles. The third kappa shape index (κ3) is 4.21. The Morgan fingerprint density at radius 3 is 2.28 bits per heavy atom. The molecule has 0 aromatic heterocycles. The van der Waals surface area contributed by atoms with Crippen molar-refractivity contribution >= 4 is 21.4 Å². The zero-order valence-electron chi connectivity index (χ0n) is 14.4. The standard InChI is InChI=1S/C17H19N3O4S/c1-11-5-7-15(9-13(11)3)14(4)18-19-25(23,24)16-8-6-12(2)17(10-16)20(21)22/h5-10,19H,1-4H3/b18-14-. The van der Waals surface area contributed by atoms with Crippen molar-refractivity contribution in [3.63, 3.8) is 0 Å². The molecule has 0 aliphatic carbocycles. The molecule has 0 amide bonds. The van der Waals surface area contributed by atoms with Gasteiger partial charge in [-0.05, 0) is 56.5 Å². The lowest BCUT2D eigenvalue weighted by Crippen LogP contribution is -2.20. The fourth-order valence-corrected chi connectivity index (χ4v) is 3.04. The predicted molar refractivity (Wildman–Crippen MR) is 96.3 cm³/mol. The van der Waals surface area contributed by atoms with Gasteiger partial charge >= 0.3 is 0 Å². The molecule has 0 fully saturated rings. The van der Waals surface area contributed by atoms with Crippen LogP contribution in [0, 0.1) is 30.9 Å². The van der Waals surface area contributed by atoms with E-state index in [0.29, 0.717) is 11.3 Å². The lowest BCUT2D eigenvalue weighted by Gasteiger charge is -2.07. The van der Waals surface area contributed by atoms with Crippen LogP contribution in [0.15, 0.2) is 46.4 Å². The molecule has 132 valence electrons. The molecule has 0 saturated carbocycles. The van der Waals surface area contributed by atoms with Crippen LogP contribution in [0.3, 0.4) is 0 Å². The van der Waals surface area contributed by atoms with E-state index in [2.05, 4.69) is 9.93 Å². The van der Waals surface area contributed by atoms with E-state index >= 15 is 0 Å². The molecule has 0 aliphatic rings. The molecule has 0 atom stereocenters. The van der Waals surface area contributed by atoms with Gasteiger partial charge in [-0.25, -0.2) is 0 Å². The number of hydrazone groups is 1. The highest BCUT2D eigenvalue weighted by Gasteiger charge is 2.19. The summed E-state index contributed by atoms with van der Waals surface area (Å²) < 4.78 is 24.7. The number of nitrogens with one attached hydrogen (secondary N) is 1. The van der Waals surface area contributed by atoms with Gasteiger partial charge in [-0.15, -0.1) is 0 Å². The molecule has 7 nitrogen and oxygen atoms in total. The Bertz CT molecular complexity index is 966. The number of sulfonamides is 1. The SMILES string of the molecule is C/C(=N/NS(=O)(=O)c1ccc(C)c([N+](=O)[O-])c1)c1ccc(C)c(C)c1. The van der Waals surface area contributed by atoms with Gasteiger partial charge in [0.15, 0.2) is 0 Å². The van der Waals surface area contributed by atoms with E-state index in [-0.39, 0.29) is 10.6 Å². The van der Waals surface area contributed by atoms with Gasteiger partial charge in [-0.2, -0.15) is 18.4 Å². The molecule has 0 unspecified atom stereocenters. The predicted octanol–water partition coefficient (Wildman–Crippen LogP) is 3.22. The van der Waals surface area contributed by atoms with Crippen LogP contribution in [0.5, 0.6) is 0 Å². The van der Waals surface area contributed by atoms with Crippen molar-refractivity contribution in [1.82, 2.24) is 4.83 Å². The summed E-state index contributed by atoms with van der Waals surface area (Å²) in [6, 6.07) is 9.43. The summed E-state index contributed by atoms with van der Waals surface area (Å²) in [7, 11) is -4.00. The molecule has 25 heavy (non-hydrogen) atoms. The number of nitro groups is 1. The fraction of sp³-hybridized carbons (Fsp3) is 0.235. The normalized spacial score (nSPS) is 12.1. The van der Waals surface area contributed by atoms with Crippen molar-refractivity contribution in [3.05, 3.63) is 68.8 Å². The molecule has 0 saturated heterocycles. The van der Waals surface area contributed by atoms with Crippen LogP contribution >= 0.6 is 0 Å². The van der Waals surface area contributed by atoms with Crippen LogP contribution in [0.25, 0.3) is 0 Å². The fourth-order valence-electron chi connectivity index (χ4n) is 2.17. The van der Waals surface area contributed by atoms with Gasteiger partial charge in [0.1, 0.15) is 0 Å². The molecular formula is C17H19N3O4S. The Labute approximate surface area is 146 Å². The summed E-state index contributed by atoms with van der Waals surface area (Å²) in [6.45, 7) is 7.18. The molecule has 1 N–H and O–H groups in total. The van der Waals surface area contributed by atoms with Crippen LogP contribution in [-0.4, -0.2) is 19.1 Å². The summed E-state index contributed by atoms with van der Waals surface area (Å²) in [4.78, 5) is 12.3. The third-order valence-electron chi connectivity index (χ3n) is 3.95. The first-order valence-electron chi connectivity index (χ1n) is 7.50. The second-order valence-electron chi connectivity index (χ2n) is 5.80. The molecule has 2 rings (SSSR count). The van der Waals surface area contributed by atoms with Crippen molar-refractivity contribution in [2.24, 2.45) is 5.10 Å². The smallest absolute Gasteiger partial charge is 0.258 e. The first-order valence-corrected chi connectivity index (χ1v) is 8.99. The van der Waals surface area contributed by atoms with Gasteiger partial charge in [-0.3, -0.25) is 10.1 Å². The quantitative estimate of drug-likeness (QED) is 0.502. The highest BCUT2D eigenvalue weighted by atomic mass is 32.2. The Morgan fingerprint density at radius 2 is 1.68 bits per heavy atom. The monoisotopic (exact) mass is 361 g/mol. The summed E-state index contributed by atoms with van der Waals surface area (Å²) >= 11 is 0. The van der Waals surface area contributed by atoms with Crippen molar-refractivity contribution in [2.45, 2.75) is 32.6 Å². The number of nitro benzene ring substituents is 1. The van der Waals surface area contributed by atoms with Gasteiger partial charge in [0.05, 0.1) is 15.5 Å². The van der Waals surface area contributed by atoms with Crippen molar-refractivity contribution < 1.29 is 13.3 Å². The van der Waals surface area contributed by atoms with E-state index in [1.165, 1.54) is 12.1 Å². The highest BCUT2D eigenvalue weighted by Crippen LogP contribution is 2.22. The van der Waals surface area contributed by atoms with E-state index in [1.54, 1.807) is 13.8 Å². The molecule has 0 aliphatic heterocycles. The van der Waals surface area contributed by atoms with E-state index in [9.17, 15) is 18.5 Å². The maximum Gasteiger partial charge on any atom is 0.276 e. The average molecular weight is 361 g/mol. The molecule has 0 bridgehead atoms. The van der Waals surface area contributed by atoms with E-state index in [0.717, 1.165) is 22.8 Å². The second kappa shape index (κ2) is 7.02. The zero-order valence-corrected chi connectivity index (χ0v) is 15.2. The van der Waals surface area contributed by atoms with E-state index in [1.807, 2.05) is 32.0 Å². The molecular weight excluding hydrogens is 342 g/mol. The Hall–Kier alpha value is -2.74. The Morgan fingerprint density at radius 1 is 1.04 bits per heavy atom. The minimum absolute atomic E-state index is 0.207. The van der Waals surface area contributed by atoms with Gasteiger partial charge in [0.25, 0.3) is 15.7 Å². The van der Waals surface area contributed by atoms with E-state index in [4.69, 9.17) is 0 Å². The number of benzene rings is 2. The third-order valence-corrected chi connectivity index (χ3v) is 5.15. The van der Waals surface area contributed by atoms with E-state index < -0.39 is 14.9 Å². The minimum Gasteiger partial charge on any atom is -0.258 e. The first kappa shape index (κ1) is 18.6. The summed E-state index contributed by atoms with van der Waals surface area (Å²) in [5.41, 5.74) is 3.62. The van der Waals surface area contributed by atoms with Crippen molar-refractivity contribution in [1.29, 1.82) is 0 Å². The number of hydrogen-bond acceptors (Lipinski definition) is 5. The largest absolute Gasteiger partial charge is 0.276 e. The number of rotatable bonds is 5. The van der Waals surface area contributed by atoms with Gasteiger partial charge in [0.2, 0.25) is 0 Å². The molecule has 2 aromatic rings. The van der Waals surface area contributed by atoms with Gasteiger partial charge < -0.3 is 0 Å². The van der Waals surface area contributed by atoms with Gasteiger partial charge in [0, 0.05) is 11.6 Å². The topological polar surface area (TPSA) is 102 Å². The number of hydrogen-bond donors (Lipinski definition) is 1. The lowest BCUT2D eigenvalue weighted by molar-refractivity contribution is -0.385. The van der Waals surface area contributed by atoms with Crippen LogP contribution < -0.4 is 4.83 Å². The molecule has 0 spiro atoms. The highest BCUT2D eigenvalue weighted by molar-refractivity contribution is 7.89. The van der Waals surface area contributed by atoms with Crippen LogP contribution in [-0.2, 0) is 10.0 Å². The molecule has 0 heterocycles. The molecule has 0 radical (unpaired) electrons. The maximum absolute atomic E-state index is 12.3. The van der Waals surface area contributed by atoms with Crippen LogP contribution in [0.2, 0.25) is 0 Å². The van der Waals surface area contributed by atoms with Crippen LogP contribution in [0.1, 0.15) is 29.2 Å². The Kier molecular flexibility index (Phi) is 5.22. The number of nitrogens with zero attached hydrogens (tertiary/aromatic N) is 2. The summed E-state index contributed by atoms with van der Waals surface area (Å²) in [6.07, 6.45) is 0. The first-order chi connectivity index (χ1) is 11.6. The van der Waals surface area contributed by atoms with Crippen LogP contribution in [0.4, 0.5) is 5.69 Å². The average Bonchev–Trinajstić information content (AvgIpc) is 2.55.